The average molecular weight is 309 g/mol. The van der Waals surface area contributed by atoms with E-state index in [1.54, 1.807) is 6.07 Å². The number of aromatic nitrogens is 2. The molecule has 0 spiro atoms. The molecule has 0 radical (unpaired) electrons. The van der Waals surface area contributed by atoms with Gasteiger partial charge in [0.2, 0.25) is 0 Å². The first-order valence-corrected chi connectivity index (χ1v) is 7.59. The fourth-order valence-corrected chi connectivity index (χ4v) is 4.01. The zero-order valence-electron chi connectivity index (χ0n) is 11.2. The normalized spacial score (nSPS) is 24.4. The molecule has 0 aromatic carbocycles. The Labute approximate surface area is 120 Å². The Morgan fingerprint density at radius 1 is 1.53 bits per heavy atom. The van der Waals surface area contributed by atoms with E-state index in [4.69, 9.17) is 5.73 Å². The van der Waals surface area contributed by atoms with Gasteiger partial charge in [-0.25, -0.2) is 8.42 Å². The molecular weight excluding hydrogens is 288 g/mol. The molecule has 1 aromatic heterocycles. The topological polar surface area (TPSA) is 81.2 Å². The van der Waals surface area contributed by atoms with E-state index in [2.05, 4.69) is 5.10 Å². The average Bonchev–Trinajstić information content (AvgIpc) is 2.96. The van der Waals surface area contributed by atoms with E-state index < -0.39 is 10.0 Å². The molecule has 0 amide bonds. The maximum absolute atomic E-state index is 12.5. The molecule has 0 saturated carbocycles. The van der Waals surface area contributed by atoms with Crippen LogP contribution in [0.1, 0.15) is 20.3 Å². The molecule has 1 aliphatic heterocycles. The third-order valence-electron chi connectivity index (χ3n) is 3.60. The van der Waals surface area contributed by atoms with E-state index in [-0.39, 0.29) is 22.8 Å². The van der Waals surface area contributed by atoms with E-state index in [1.165, 1.54) is 15.2 Å². The van der Waals surface area contributed by atoms with Crippen LogP contribution in [0, 0.1) is 5.41 Å². The quantitative estimate of drug-likeness (QED) is 0.887. The standard InChI is InChI=1S/C11H20N4O2S.ClH/c1-3-15-10(4-6-13-15)18(16,17)14-7-5-11(2,8-12)9-14;/h4,6H,3,5,7-9,12H2,1-2H3;1H. The molecule has 1 saturated heterocycles. The van der Waals surface area contributed by atoms with Crippen LogP contribution in [0.2, 0.25) is 0 Å². The molecule has 0 aliphatic carbocycles. The summed E-state index contributed by atoms with van der Waals surface area (Å²) in [5.41, 5.74) is 5.60. The summed E-state index contributed by atoms with van der Waals surface area (Å²) in [5.74, 6) is 0. The van der Waals surface area contributed by atoms with Gasteiger partial charge in [0.05, 0.1) is 6.20 Å². The maximum atomic E-state index is 12.5. The lowest BCUT2D eigenvalue weighted by Gasteiger charge is -2.22. The highest BCUT2D eigenvalue weighted by Gasteiger charge is 2.39. The number of nitrogens with zero attached hydrogens (tertiary/aromatic N) is 3. The Morgan fingerprint density at radius 3 is 2.74 bits per heavy atom. The second-order valence-electron chi connectivity index (χ2n) is 5.09. The van der Waals surface area contributed by atoms with Gasteiger partial charge < -0.3 is 5.73 Å². The molecular formula is C11H21ClN4O2S. The van der Waals surface area contributed by atoms with Gasteiger partial charge in [0.25, 0.3) is 10.0 Å². The summed E-state index contributed by atoms with van der Waals surface area (Å²) in [6.45, 7) is 5.97. The predicted octanol–water partition coefficient (Wildman–Crippen LogP) is 0.684. The van der Waals surface area contributed by atoms with Crippen molar-refractivity contribution in [1.82, 2.24) is 14.1 Å². The third kappa shape index (κ3) is 2.94. The van der Waals surface area contributed by atoms with Crippen LogP contribution in [-0.4, -0.2) is 42.1 Å². The van der Waals surface area contributed by atoms with Crippen molar-refractivity contribution in [3.8, 4) is 0 Å². The monoisotopic (exact) mass is 308 g/mol. The first kappa shape index (κ1) is 16.4. The van der Waals surface area contributed by atoms with Crippen molar-refractivity contribution in [3.05, 3.63) is 12.3 Å². The minimum Gasteiger partial charge on any atom is -0.330 e. The Bertz CT molecular complexity index is 531. The molecule has 1 aliphatic rings. The zero-order valence-corrected chi connectivity index (χ0v) is 12.9. The summed E-state index contributed by atoms with van der Waals surface area (Å²) >= 11 is 0. The Morgan fingerprint density at radius 2 is 2.21 bits per heavy atom. The Kier molecular flexibility index (Phi) is 5.00. The second-order valence-corrected chi connectivity index (χ2v) is 6.97. The van der Waals surface area contributed by atoms with E-state index in [1.807, 2.05) is 13.8 Å². The lowest BCUT2D eigenvalue weighted by atomic mass is 9.90. The van der Waals surface area contributed by atoms with Crippen molar-refractivity contribution in [2.45, 2.75) is 31.8 Å². The van der Waals surface area contributed by atoms with E-state index >= 15 is 0 Å². The number of aryl methyl sites for hydroxylation is 1. The van der Waals surface area contributed by atoms with Crippen molar-refractivity contribution in [3.63, 3.8) is 0 Å². The van der Waals surface area contributed by atoms with Crippen molar-refractivity contribution in [2.24, 2.45) is 11.1 Å². The van der Waals surface area contributed by atoms with Crippen LogP contribution in [0.15, 0.2) is 17.3 Å². The third-order valence-corrected chi connectivity index (χ3v) is 5.46. The summed E-state index contributed by atoms with van der Waals surface area (Å²) in [6.07, 6.45) is 2.33. The minimum absolute atomic E-state index is 0. The van der Waals surface area contributed by atoms with Crippen LogP contribution >= 0.6 is 12.4 Å². The number of nitrogens with two attached hydrogens (primary N) is 1. The highest BCUT2D eigenvalue weighted by molar-refractivity contribution is 7.89. The van der Waals surface area contributed by atoms with Gasteiger partial charge in [0, 0.05) is 19.6 Å². The Balaban J connectivity index is 0.00000180. The molecule has 110 valence electrons. The molecule has 0 bridgehead atoms. The van der Waals surface area contributed by atoms with Crippen LogP contribution in [0.4, 0.5) is 0 Å². The summed E-state index contributed by atoms with van der Waals surface area (Å²) in [7, 11) is -3.44. The SMILES string of the molecule is CCn1nccc1S(=O)(=O)N1CCC(C)(CN)C1.Cl. The lowest BCUT2D eigenvalue weighted by Crippen LogP contribution is -2.35. The molecule has 1 aromatic rings. The van der Waals surface area contributed by atoms with Crippen LogP contribution in [0.25, 0.3) is 0 Å². The van der Waals surface area contributed by atoms with Gasteiger partial charge in [0.15, 0.2) is 5.03 Å². The number of sulfonamides is 1. The lowest BCUT2D eigenvalue weighted by molar-refractivity contribution is 0.348. The van der Waals surface area contributed by atoms with Gasteiger partial charge in [-0.3, -0.25) is 4.68 Å². The fourth-order valence-electron chi connectivity index (χ4n) is 2.26. The summed E-state index contributed by atoms with van der Waals surface area (Å²) in [5, 5.41) is 4.28. The van der Waals surface area contributed by atoms with Gasteiger partial charge in [-0.05, 0) is 31.4 Å². The molecule has 2 heterocycles. The molecule has 1 unspecified atom stereocenters. The van der Waals surface area contributed by atoms with Crippen LogP contribution in [-0.2, 0) is 16.6 Å². The van der Waals surface area contributed by atoms with Gasteiger partial charge in [-0.1, -0.05) is 6.92 Å². The second kappa shape index (κ2) is 5.78. The first-order valence-electron chi connectivity index (χ1n) is 6.15. The maximum Gasteiger partial charge on any atom is 0.260 e. The van der Waals surface area contributed by atoms with E-state index in [0.29, 0.717) is 26.2 Å². The van der Waals surface area contributed by atoms with Crippen LogP contribution in [0.3, 0.4) is 0 Å². The smallest absolute Gasteiger partial charge is 0.260 e. The van der Waals surface area contributed by atoms with Crippen LogP contribution < -0.4 is 5.73 Å². The minimum atomic E-state index is -3.44. The Hall–Kier alpha value is -0.630. The molecule has 2 N–H and O–H groups in total. The highest BCUT2D eigenvalue weighted by Crippen LogP contribution is 2.32. The number of hydrogen-bond acceptors (Lipinski definition) is 4. The highest BCUT2D eigenvalue weighted by atomic mass is 35.5. The van der Waals surface area contributed by atoms with E-state index in [9.17, 15) is 8.42 Å². The van der Waals surface area contributed by atoms with Crippen molar-refractivity contribution in [1.29, 1.82) is 0 Å². The summed E-state index contributed by atoms with van der Waals surface area (Å²) < 4.78 is 28.0. The largest absolute Gasteiger partial charge is 0.330 e. The summed E-state index contributed by atoms with van der Waals surface area (Å²) in [6, 6.07) is 1.55. The predicted molar refractivity (Wildman–Crippen MR) is 75.7 cm³/mol. The van der Waals surface area contributed by atoms with Gasteiger partial charge in [-0.15, -0.1) is 12.4 Å². The fraction of sp³-hybridized carbons (Fsp3) is 0.727. The molecule has 8 heteroatoms. The number of halogens is 1. The van der Waals surface area contributed by atoms with Crippen molar-refractivity contribution < 1.29 is 8.42 Å². The summed E-state index contributed by atoms with van der Waals surface area (Å²) in [4.78, 5) is 0. The number of hydrogen-bond donors (Lipinski definition) is 1. The molecule has 1 atom stereocenters. The van der Waals surface area contributed by atoms with Gasteiger partial charge in [0.1, 0.15) is 0 Å². The number of rotatable bonds is 4. The van der Waals surface area contributed by atoms with Crippen LogP contribution in [0.5, 0.6) is 0 Å². The molecule has 6 nitrogen and oxygen atoms in total. The first-order chi connectivity index (χ1) is 8.43. The van der Waals surface area contributed by atoms with Crippen molar-refractivity contribution in [2.75, 3.05) is 19.6 Å². The van der Waals surface area contributed by atoms with Crippen molar-refractivity contribution >= 4 is 22.4 Å². The molecule has 1 fully saturated rings. The van der Waals surface area contributed by atoms with Gasteiger partial charge in [-0.2, -0.15) is 9.40 Å². The molecule has 19 heavy (non-hydrogen) atoms. The zero-order chi connectivity index (χ0) is 13.4. The van der Waals surface area contributed by atoms with Gasteiger partial charge >= 0.3 is 0 Å². The van der Waals surface area contributed by atoms with E-state index in [0.717, 1.165) is 6.42 Å². The molecule has 2 rings (SSSR count).